The highest BCUT2D eigenvalue weighted by atomic mass is 16.3. The zero-order valence-corrected chi connectivity index (χ0v) is 8.49. The van der Waals surface area contributed by atoms with Gasteiger partial charge in [0.05, 0.1) is 6.26 Å². The standard InChI is InChI=1S/C13H13NO/c1-2-12(15-7-1)8-10-3-4-11-5-6-14-13(11)9-10/h1-4,7,9,14H,5-6,8H2. The van der Waals surface area contributed by atoms with Crippen molar-refractivity contribution in [2.75, 3.05) is 11.9 Å². The van der Waals surface area contributed by atoms with Crippen molar-refractivity contribution < 1.29 is 4.42 Å². The normalized spacial score (nSPS) is 13.6. The first-order valence-electron chi connectivity index (χ1n) is 5.30. The first kappa shape index (κ1) is 8.60. The van der Waals surface area contributed by atoms with E-state index in [0.29, 0.717) is 0 Å². The molecule has 15 heavy (non-hydrogen) atoms. The molecule has 0 saturated carbocycles. The van der Waals surface area contributed by atoms with Gasteiger partial charge in [0, 0.05) is 18.7 Å². The van der Waals surface area contributed by atoms with Gasteiger partial charge < -0.3 is 9.73 Å². The summed E-state index contributed by atoms with van der Waals surface area (Å²) in [5.74, 6) is 1.02. The molecular formula is C13H13NO. The zero-order chi connectivity index (χ0) is 10.1. The van der Waals surface area contributed by atoms with E-state index in [0.717, 1.165) is 25.1 Å². The first-order chi connectivity index (χ1) is 7.42. The van der Waals surface area contributed by atoms with E-state index in [1.807, 2.05) is 12.1 Å². The highest BCUT2D eigenvalue weighted by Crippen LogP contribution is 2.24. The maximum absolute atomic E-state index is 5.34. The van der Waals surface area contributed by atoms with E-state index in [1.54, 1.807) is 6.26 Å². The van der Waals surface area contributed by atoms with Gasteiger partial charge in [-0.25, -0.2) is 0 Å². The minimum Gasteiger partial charge on any atom is -0.469 e. The Labute approximate surface area is 88.9 Å². The van der Waals surface area contributed by atoms with E-state index in [2.05, 4.69) is 23.5 Å². The predicted octanol–water partition coefficient (Wildman–Crippen LogP) is 2.84. The smallest absolute Gasteiger partial charge is 0.108 e. The lowest BCUT2D eigenvalue weighted by molar-refractivity contribution is 0.521. The molecule has 0 spiro atoms. The van der Waals surface area contributed by atoms with Gasteiger partial charge in [-0.2, -0.15) is 0 Å². The molecule has 1 N–H and O–H groups in total. The second-order valence-corrected chi connectivity index (χ2v) is 3.92. The van der Waals surface area contributed by atoms with E-state index in [9.17, 15) is 0 Å². The first-order valence-corrected chi connectivity index (χ1v) is 5.30. The Balaban J connectivity index is 1.87. The summed E-state index contributed by atoms with van der Waals surface area (Å²) in [6.07, 6.45) is 3.75. The van der Waals surface area contributed by atoms with Gasteiger partial charge in [-0.15, -0.1) is 0 Å². The fourth-order valence-electron chi connectivity index (χ4n) is 2.06. The van der Waals surface area contributed by atoms with Crippen molar-refractivity contribution in [3.05, 3.63) is 53.5 Å². The molecule has 3 rings (SSSR count). The average Bonchev–Trinajstić information content (AvgIpc) is 2.87. The van der Waals surface area contributed by atoms with Crippen molar-refractivity contribution in [1.29, 1.82) is 0 Å². The predicted molar refractivity (Wildman–Crippen MR) is 60.1 cm³/mol. The lowest BCUT2D eigenvalue weighted by Crippen LogP contribution is -1.92. The van der Waals surface area contributed by atoms with Gasteiger partial charge in [0.25, 0.3) is 0 Å². The molecule has 0 aliphatic carbocycles. The molecule has 2 aromatic rings. The molecule has 2 heterocycles. The molecule has 0 unspecified atom stereocenters. The topological polar surface area (TPSA) is 25.2 Å². The molecule has 76 valence electrons. The molecule has 1 aromatic carbocycles. The monoisotopic (exact) mass is 199 g/mol. The number of hydrogen-bond donors (Lipinski definition) is 1. The van der Waals surface area contributed by atoms with Gasteiger partial charge in [0.2, 0.25) is 0 Å². The van der Waals surface area contributed by atoms with Gasteiger partial charge in [-0.3, -0.25) is 0 Å². The highest BCUT2D eigenvalue weighted by molar-refractivity contribution is 5.57. The molecule has 0 fully saturated rings. The quantitative estimate of drug-likeness (QED) is 0.804. The van der Waals surface area contributed by atoms with Crippen molar-refractivity contribution in [3.63, 3.8) is 0 Å². The fraction of sp³-hybridized carbons (Fsp3) is 0.231. The molecular weight excluding hydrogens is 186 g/mol. The maximum atomic E-state index is 5.34. The second-order valence-electron chi connectivity index (χ2n) is 3.92. The van der Waals surface area contributed by atoms with Crippen LogP contribution < -0.4 is 5.32 Å². The number of benzene rings is 1. The number of anilines is 1. The largest absolute Gasteiger partial charge is 0.469 e. The second kappa shape index (κ2) is 3.46. The molecule has 1 aliphatic rings. The summed E-state index contributed by atoms with van der Waals surface area (Å²) in [5, 5.41) is 3.39. The lowest BCUT2D eigenvalue weighted by Gasteiger charge is -2.03. The molecule has 1 aromatic heterocycles. The number of hydrogen-bond acceptors (Lipinski definition) is 2. The van der Waals surface area contributed by atoms with Gasteiger partial charge in [0.1, 0.15) is 5.76 Å². The number of nitrogens with one attached hydrogen (secondary N) is 1. The van der Waals surface area contributed by atoms with Crippen LogP contribution in [0.15, 0.2) is 41.0 Å². The molecule has 0 bridgehead atoms. The van der Waals surface area contributed by atoms with Crippen LogP contribution in [0, 0.1) is 0 Å². The molecule has 2 nitrogen and oxygen atoms in total. The third-order valence-corrected chi connectivity index (χ3v) is 2.84. The highest BCUT2D eigenvalue weighted by Gasteiger charge is 2.10. The van der Waals surface area contributed by atoms with Gasteiger partial charge in [0.15, 0.2) is 0 Å². The van der Waals surface area contributed by atoms with Gasteiger partial charge in [-0.1, -0.05) is 12.1 Å². The van der Waals surface area contributed by atoms with E-state index in [1.165, 1.54) is 16.8 Å². The summed E-state index contributed by atoms with van der Waals surface area (Å²) >= 11 is 0. The minimum atomic E-state index is 0.877. The maximum Gasteiger partial charge on any atom is 0.108 e. The average molecular weight is 199 g/mol. The summed E-state index contributed by atoms with van der Waals surface area (Å²) in [4.78, 5) is 0. The van der Waals surface area contributed by atoms with Crippen molar-refractivity contribution in [1.82, 2.24) is 0 Å². The van der Waals surface area contributed by atoms with Crippen LogP contribution in [-0.2, 0) is 12.8 Å². The molecule has 0 amide bonds. The Morgan fingerprint density at radius 1 is 1.27 bits per heavy atom. The van der Waals surface area contributed by atoms with Crippen LogP contribution in [0.1, 0.15) is 16.9 Å². The molecule has 0 atom stereocenters. The van der Waals surface area contributed by atoms with E-state index >= 15 is 0 Å². The molecule has 0 saturated heterocycles. The summed E-state index contributed by atoms with van der Waals surface area (Å²) < 4.78 is 5.34. The van der Waals surface area contributed by atoms with Gasteiger partial charge in [-0.05, 0) is 35.7 Å². The summed E-state index contributed by atoms with van der Waals surface area (Å²) in [7, 11) is 0. The fourth-order valence-corrected chi connectivity index (χ4v) is 2.06. The summed E-state index contributed by atoms with van der Waals surface area (Å²) in [6, 6.07) is 10.6. The van der Waals surface area contributed by atoms with E-state index in [-0.39, 0.29) is 0 Å². The third-order valence-electron chi connectivity index (χ3n) is 2.84. The SMILES string of the molecule is c1coc(Cc2ccc3c(c2)NCC3)c1. The lowest BCUT2D eigenvalue weighted by atomic mass is 10.1. The summed E-state index contributed by atoms with van der Waals surface area (Å²) in [6.45, 7) is 1.07. The van der Waals surface area contributed by atoms with Crippen LogP contribution >= 0.6 is 0 Å². The molecule has 2 heteroatoms. The van der Waals surface area contributed by atoms with Crippen LogP contribution in [0.4, 0.5) is 5.69 Å². The van der Waals surface area contributed by atoms with E-state index in [4.69, 9.17) is 4.42 Å². The number of fused-ring (bicyclic) bond motifs is 1. The Morgan fingerprint density at radius 2 is 2.27 bits per heavy atom. The molecule has 1 aliphatic heterocycles. The van der Waals surface area contributed by atoms with E-state index < -0.39 is 0 Å². The van der Waals surface area contributed by atoms with Crippen molar-refractivity contribution in [2.24, 2.45) is 0 Å². The van der Waals surface area contributed by atoms with Crippen LogP contribution in [0.2, 0.25) is 0 Å². The van der Waals surface area contributed by atoms with Crippen molar-refractivity contribution in [2.45, 2.75) is 12.8 Å². The van der Waals surface area contributed by atoms with Crippen molar-refractivity contribution >= 4 is 5.69 Å². The van der Waals surface area contributed by atoms with Crippen LogP contribution in [0.3, 0.4) is 0 Å². The zero-order valence-electron chi connectivity index (χ0n) is 8.49. The Kier molecular flexibility index (Phi) is 1.98. The number of rotatable bonds is 2. The Bertz CT molecular complexity index is 459. The number of furan rings is 1. The van der Waals surface area contributed by atoms with Gasteiger partial charge >= 0.3 is 0 Å². The Morgan fingerprint density at radius 3 is 3.13 bits per heavy atom. The summed E-state index contributed by atoms with van der Waals surface area (Å²) in [5.41, 5.74) is 4.02. The third kappa shape index (κ3) is 1.63. The van der Waals surface area contributed by atoms with Crippen LogP contribution in [0.5, 0.6) is 0 Å². The molecule has 0 radical (unpaired) electrons. The Hall–Kier alpha value is -1.70. The minimum absolute atomic E-state index is 0.877. The van der Waals surface area contributed by atoms with Crippen LogP contribution in [-0.4, -0.2) is 6.54 Å². The van der Waals surface area contributed by atoms with Crippen molar-refractivity contribution in [3.8, 4) is 0 Å². The van der Waals surface area contributed by atoms with Crippen LogP contribution in [0.25, 0.3) is 0 Å².